The molecular weight excluding hydrogens is 230 g/mol. The van der Waals surface area contributed by atoms with Gasteiger partial charge in [0.25, 0.3) is 0 Å². The van der Waals surface area contributed by atoms with Crippen molar-refractivity contribution in [3.05, 3.63) is 53.9 Å². The van der Waals surface area contributed by atoms with Crippen LogP contribution < -0.4 is 9.47 Å². The average Bonchev–Trinajstić information content (AvgIpc) is 2.45. The molecule has 0 fully saturated rings. The number of aliphatic hydroxyl groups excluding tert-OH is 1. The summed E-state index contributed by atoms with van der Waals surface area (Å²) in [5.74, 6) is 1.07. The van der Waals surface area contributed by atoms with Crippen molar-refractivity contribution in [2.75, 3.05) is 7.11 Å². The maximum atomic E-state index is 9.24. The SMILES string of the molecule is COc1ccnc(CO)c1OCc1ccccc1. The molecule has 2 rings (SSSR count). The van der Waals surface area contributed by atoms with Crippen molar-refractivity contribution in [2.45, 2.75) is 13.2 Å². The number of hydrogen-bond acceptors (Lipinski definition) is 4. The minimum Gasteiger partial charge on any atom is -0.493 e. The minimum atomic E-state index is -0.179. The van der Waals surface area contributed by atoms with Gasteiger partial charge in [0.1, 0.15) is 12.3 Å². The van der Waals surface area contributed by atoms with Gasteiger partial charge in [0, 0.05) is 12.3 Å². The highest BCUT2D eigenvalue weighted by Crippen LogP contribution is 2.30. The van der Waals surface area contributed by atoms with E-state index in [9.17, 15) is 5.11 Å². The quantitative estimate of drug-likeness (QED) is 0.877. The monoisotopic (exact) mass is 245 g/mol. The summed E-state index contributed by atoms with van der Waals surface area (Å²) in [7, 11) is 1.56. The lowest BCUT2D eigenvalue weighted by molar-refractivity contribution is 0.244. The van der Waals surface area contributed by atoms with E-state index in [0.29, 0.717) is 23.8 Å². The van der Waals surface area contributed by atoms with Gasteiger partial charge in [-0.15, -0.1) is 0 Å². The lowest BCUT2D eigenvalue weighted by Gasteiger charge is -2.13. The van der Waals surface area contributed by atoms with E-state index in [0.717, 1.165) is 5.56 Å². The number of pyridine rings is 1. The first-order chi connectivity index (χ1) is 8.85. The summed E-state index contributed by atoms with van der Waals surface area (Å²) in [6.07, 6.45) is 1.58. The summed E-state index contributed by atoms with van der Waals surface area (Å²) in [4.78, 5) is 4.06. The molecule has 1 aromatic carbocycles. The third kappa shape index (κ3) is 2.78. The van der Waals surface area contributed by atoms with Crippen LogP contribution in [0.1, 0.15) is 11.3 Å². The molecule has 0 amide bonds. The molecule has 4 nitrogen and oxygen atoms in total. The standard InChI is InChI=1S/C14H15NO3/c1-17-13-7-8-15-12(9-16)14(13)18-10-11-5-3-2-4-6-11/h2-8,16H,9-10H2,1H3. The number of aliphatic hydroxyl groups is 1. The van der Waals surface area contributed by atoms with E-state index in [4.69, 9.17) is 9.47 Å². The second kappa shape index (κ2) is 6.02. The second-order valence-electron chi connectivity index (χ2n) is 3.72. The normalized spacial score (nSPS) is 10.1. The Morgan fingerprint density at radius 3 is 2.61 bits per heavy atom. The van der Waals surface area contributed by atoms with Gasteiger partial charge >= 0.3 is 0 Å². The molecular formula is C14H15NO3. The molecule has 0 saturated carbocycles. The van der Waals surface area contributed by atoms with Gasteiger partial charge in [-0.2, -0.15) is 0 Å². The first kappa shape index (κ1) is 12.4. The summed E-state index contributed by atoms with van der Waals surface area (Å²) in [6.45, 7) is 0.233. The number of rotatable bonds is 5. The smallest absolute Gasteiger partial charge is 0.185 e. The number of ether oxygens (including phenoxy) is 2. The first-order valence-electron chi connectivity index (χ1n) is 5.64. The molecule has 0 aliphatic rings. The Kier molecular flexibility index (Phi) is 4.15. The molecule has 0 aliphatic carbocycles. The van der Waals surface area contributed by atoms with E-state index >= 15 is 0 Å². The zero-order valence-corrected chi connectivity index (χ0v) is 10.2. The zero-order valence-electron chi connectivity index (χ0n) is 10.2. The number of methoxy groups -OCH3 is 1. The molecule has 0 bridgehead atoms. The van der Waals surface area contributed by atoms with Crippen LogP contribution in [-0.2, 0) is 13.2 Å². The molecule has 0 atom stereocenters. The van der Waals surface area contributed by atoms with Crippen LogP contribution in [0.5, 0.6) is 11.5 Å². The Hall–Kier alpha value is -2.07. The van der Waals surface area contributed by atoms with Gasteiger partial charge in [-0.25, -0.2) is 0 Å². The van der Waals surface area contributed by atoms with Crippen LogP contribution in [0, 0.1) is 0 Å². The van der Waals surface area contributed by atoms with Crippen molar-refractivity contribution < 1.29 is 14.6 Å². The number of aromatic nitrogens is 1. The van der Waals surface area contributed by atoms with E-state index < -0.39 is 0 Å². The highest BCUT2D eigenvalue weighted by atomic mass is 16.5. The van der Waals surface area contributed by atoms with Gasteiger partial charge in [0.05, 0.1) is 13.7 Å². The Balaban J connectivity index is 2.17. The van der Waals surface area contributed by atoms with Crippen LogP contribution in [-0.4, -0.2) is 17.2 Å². The molecule has 0 unspecified atom stereocenters. The summed E-state index contributed by atoms with van der Waals surface area (Å²) in [6, 6.07) is 11.5. The Bertz CT molecular complexity index is 477. The minimum absolute atomic E-state index is 0.179. The van der Waals surface area contributed by atoms with E-state index in [1.807, 2.05) is 30.3 Å². The van der Waals surface area contributed by atoms with Gasteiger partial charge in [0.2, 0.25) is 0 Å². The van der Waals surface area contributed by atoms with Crippen LogP contribution in [0.4, 0.5) is 0 Å². The fourth-order valence-electron chi connectivity index (χ4n) is 1.63. The maximum absolute atomic E-state index is 9.24. The van der Waals surface area contributed by atoms with Crippen LogP contribution in [0.2, 0.25) is 0 Å². The summed E-state index contributed by atoms with van der Waals surface area (Å²) < 4.78 is 10.9. The number of hydrogen-bond donors (Lipinski definition) is 1. The summed E-state index contributed by atoms with van der Waals surface area (Å²) >= 11 is 0. The van der Waals surface area contributed by atoms with E-state index in [1.54, 1.807) is 19.4 Å². The van der Waals surface area contributed by atoms with Crippen LogP contribution in [0.25, 0.3) is 0 Å². The lowest BCUT2D eigenvalue weighted by Crippen LogP contribution is -2.02. The van der Waals surface area contributed by atoms with Gasteiger partial charge < -0.3 is 14.6 Å². The predicted molar refractivity (Wildman–Crippen MR) is 67.5 cm³/mol. The van der Waals surface area contributed by atoms with Crippen LogP contribution in [0.3, 0.4) is 0 Å². The maximum Gasteiger partial charge on any atom is 0.185 e. The molecule has 1 N–H and O–H groups in total. The molecule has 1 aromatic heterocycles. The largest absolute Gasteiger partial charge is 0.493 e. The average molecular weight is 245 g/mol. The first-order valence-corrected chi connectivity index (χ1v) is 5.64. The van der Waals surface area contributed by atoms with Crippen molar-refractivity contribution in [3.63, 3.8) is 0 Å². The molecule has 0 radical (unpaired) electrons. The highest BCUT2D eigenvalue weighted by molar-refractivity contribution is 5.42. The Labute approximate surface area is 106 Å². The molecule has 1 heterocycles. The molecule has 4 heteroatoms. The Morgan fingerprint density at radius 2 is 1.94 bits per heavy atom. The van der Waals surface area contributed by atoms with Gasteiger partial charge in [-0.3, -0.25) is 4.98 Å². The van der Waals surface area contributed by atoms with Gasteiger partial charge in [0.15, 0.2) is 11.5 Å². The van der Waals surface area contributed by atoms with Crippen molar-refractivity contribution >= 4 is 0 Å². The second-order valence-corrected chi connectivity index (χ2v) is 3.72. The zero-order chi connectivity index (χ0) is 12.8. The predicted octanol–water partition coefficient (Wildman–Crippen LogP) is 2.16. The molecule has 2 aromatic rings. The van der Waals surface area contributed by atoms with Crippen molar-refractivity contribution in [1.82, 2.24) is 4.98 Å². The Morgan fingerprint density at radius 1 is 1.17 bits per heavy atom. The topological polar surface area (TPSA) is 51.6 Å². The van der Waals surface area contributed by atoms with Crippen LogP contribution in [0.15, 0.2) is 42.6 Å². The van der Waals surface area contributed by atoms with Crippen molar-refractivity contribution in [1.29, 1.82) is 0 Å². The molecule has 0 spiro atoms. The summed E-state index contributed by atoms with van der Waals surface area (Å²) in [5, 5.41) is 9.24. The van der Waals surface area contributed by atoms with Gasteiger partial charge in [-0.05, 0) is 5.56 Å². The van der Waals surface area contributed by atoms with E-state index in [2.05, 4.69) is 4.98 Å². The van der Waals surface area contributed by atoms with E-state index in [1.165, 1.54) is 0 Å². The number of nitrogens with zero attached hydrogens (tertiary/aromatic N) is 1. The van der Waals surface area contributed by atoms with Crippen molar-refractivity contribution in [3.8, 4) is 11.5 Å². The number of benzene rings is 1. The molecule has 0 saturated heterocycles. The molecule has 18 heavy (non-hydrogen) atoms. The highest BCUT2D eigenvalue weighted by Gasteiger charge is 2.11. The molecule has 0 aliphatic heterocycles. The van der Waals surface area contributed by atoms with Gasteiger partial charge in [-0.1, -0.05) is 30.3 Å². The lowest BCUT2D eigenvalue weighted by atomic mass is 10.2. The van der Waals surface area contributed by atoms with Crippen LogP contribution >= 0.6 is 0 Å². The summed E-state index contributed by atoms with van der Waals surface area (Å²) in [5.41, 5.74) is 1.53. The van der Waals surface area contributed by atoms with Crippen molar-refractivity contribution in [2.24, 2.45) is 0 Å². The fourth-order valence-corrected chi connectivity index (χ4v) is 1.63. The third-order valence-electron chi connectivity index (χ3n) is 2.54. The molecule has 94 valence electrons. The van der Waals surface area contributed by atoms with E-state index in [-0.39, 0.29) is 6.61 Å². The fraction of sp³-hybridized carbons (Fsp3) is 0.214. The third-order valence-corrected chi connectivity index (χ3v) is 2.54.